The quantitative estimate of drug-likeness (QED) is 0.893. The van der Waals surface area contributed by atoms with E-state index in [0.29, 0.717) is 12.8 Å². The lowest BCUT2D eigenvalue weighted by Crippen LogP contribution is -2.11. The number of benzene rings is 2. The van der Waals surface area contributed by atoms with Gasteiger partial charge in [0, 0.05) is 6.42 Å². The fourth-order valence-corrected chi connectivity index (χ4v) is 2.67. The molecule has 0 radical (unpaired) electrons. The number of carbonyl (C=O) groups excluding carboxylic acids is 1. The van der Waals surface area contributed by atoms with E-state index in [1.54, 1.807) is 0 Å². The highest BCUT2D eigenvalue weighted by Gasteiger charge is 2.14. The van der Waals surface area contributed by atoms with Gasteiger partial charge in [-0.1, -0.05) is 63.2 Å². The van der Waals surface area contributed by atoms with Gasteiger partial charge in [0.15, 0.2) is 0 Å². The SMILES string of the molecule is Cc1c(CCC(N)=O)cccc1-c1ccc(C(C)(C)C)cc1. The molecule has 0 saturated heterocycles. The van der Waals surface area contributed by atoms with Gasteiger partial charge < -0.3 is 5.73 Å². The van der Waals surface area contributed by atoms with Crippen LogP contribution in [0.1, 0.15) is 43.9 Å². The number of hydrogen-bond donors (Lipinski definition) is 1. The number of nitrogens with two attached hydrogens (primary N) is 1. The number of amides is 1. The molecule has 2 aromatic carbocycles. The van der Waals surface area contributed by atoms with Gasteiger partial charge >= 0.3 is 0 Å². The maximum atomic E-state index is 11.0. The number of rotatable bonds is 4. The Hall–Kier alpha value is -2.09. The fraction of sp³-hybridized carbons (Fsp3) is 0.350. The highest BCUT2D eigenvalue weighted by atomic mass is 16.1. The second-order valence-electron chi connectivity index (χ2n) is 6.88. The van der Waals surface area contributed by atoms with Crippen LogP contribution in [0.25, 0.3) is 11.1 Å². The molecule has 0 saturated carbocycles. The molecule has 0 aromatic heterocycles. The number of primary amides is 1. The van der Waals surface area contributed by atoms with Crippen LogP contribution in [0.3, 0.4) is 0 Å². The van der Waals surface area contributed by atoms with Gasteiger partial charge in [-0.25, -0.2) is 0 Å². The summed E-state index contributed by atoms with van der Waals surface area (Å²) in [6, 6.07) is 15.0. The van der Waals surface area contributed by atoms with Gasteiger partial charge in [-0.3, -0.25) is 4.79 Å². The van der Waals surface area contributed by atoms with Gasteiger partial charge in [0.1, 0.15) is 0 Å². The Morgan fingerprint density at radius 1 is 1.05 bits per heavy atom. The van der Waals surface area contributed by atoms with Gasteiger partial charge in [-0.15, -0.1) is 0 Å². The van der Waals surface area contributed by atoms with E-state index in [-0.39, 0.29) is 11.3 Å². The van der Waals surface area contributed by atoms with E-state index in [4.69, 9.17) is 5.73 Å². The van der Waals surface area contributed by atoms with Crippen molar-refractivity contribution in [2.45, 2.75) is 46.0 Å². The molecule has 0 aliphatic rings. The lowest BCUT2D eigenvalue weighted by atomic mass is 9.85. The van der Waals surface area contributed by atoms with Gasteiger partial charge in [0.05, 0.1) is 0 Å². The van der Waals surface area contributed by atoms with Gasteiger partial charge in [-0.05, 0) is 46.6 Å². The monoisotopic (exact) mass is 295 g/mol. The van der Waals surface area contributed by atoms with Crippen LogP contribution in [0.2, 0.25) is 0 Å². The first-order chi connectivity index (χ1) is 10.3. The minimum absolute atomic E-state index is 0.164. The van der Waals surface area contributed by atoms with Crippen molar-refractivity contribution >= 4 is 5.91 Å². The molecular formula is C20H25NO. The Morgan fingerprint density at radius 3 is 2.23 bits per heavy atom. The van der Waals surface area contributed by atoms with E-state index in [9.17, 15) is 4.79 Å². The third-order valence-electron chi connectivity index (χ3n) is 4.15. The van der Waals surface area contributed by atoms with Crippen molar-refractivity contribution in [2.24, 2.45) is 5.73 Å². The summed E-state index contributed by atoms with van der Waals surface area (Å²) in [7, 11) is 0. The van der Waals surface area contributed by atoms with E-state index in [2.05, 4.69) is 70.2 Å². The molecule has 2 heteroatoms. The molecule has 2 aromatic rings. The molecule has 116 valence electrons. The van der Waals surface area contributed by atoms with Crippen LogP contribution in [0.5, 0.6) is 0 Å². The molecule has 0 aliphatic carbocycles. The van der Waals surface area contributed by atoms with Crippen molar-refractivity contribution in [3.63, 3.8) is 0 Å². The zero-order valence-corrected chi connectivity index (χ0v) is 13.9. The maximum Gasteiger partial charge on any atom is 0.217 e. The van der Waals surface area contributed by atoms with E-state index < -0.39 is 0 Å². The maximum absolute atomic E-state index is 11.0. The summed E-state index contributed by atoms with van der Waals surface area (Å²) < 4.78 is 0. The van der Waals surface area contributed by atoms with Gasteiger partial charge in [0.2, 0.25) is 5.91 Å². The molecule has 0 atom stereocenters. The van der Waals surface area contributed by atoms with Crippen LogP contribution in [0, 0.1) is 6.92 Å². The van der Waals surface area contributed by atoms with Crippen LogP contribution in [-0.4, -0.2) is 5.91 Å². The van der Waals surface area contributed by atoms with Crippen molar-refractivity contribution in [1.29, 1.82) is 0 Å². The Kier molecular flexibility index (Phi) is 4.70. The molecular weight excluding hydrogens is 270 g/mol. The van der Waals surface area contributed by atoms with Crippen molar-refractivity contribution in [3.05, 3.63) is 59.2 Å². The average molecular weight is 295 g/mol. The molecule has 0 unspecified atom stereocenters. The summed E-state index contributed by atoms with van der Waals surface area (Å²) in [5.74, 6) is -0.251. The average Bonchev–Trinajstić information content (AvgIpc) is 2.45. The zero-order valence-electron chi connectivity index (χ0n) is 13.9. The second-order valence-corrected chi connectivity index (χ2v) is 6.88. The summed E-state index contributed by atoms with van der Waals surface area (Å²) in [5, 5.41) is 0. The predicted octanol–water partition coefficient (Wildman–Crippen LogP) is 4.38. The first kappa shape index (κ1) is 16.3. The smallest absolute Gasteiger partial charge is 0.217 e. The third kappa shape index (κ3) is 3.76. The first-order valence-corrected chi connectivity index (χ1v) is 7.77. The molecule has 1 amide bonds. The highest BCUT2D eigenvalue weighted by Crippen LogP contribution is 2.29. The Balaban J connectivity index is 2.33. The van der Waals surface area contributed by atoms with Crippen LogP contribution in [0.4, 0.5) is 0 Å². The molecule has 2 nitrogen and oxygen atoms in total. The van der Waals surface area contributed by atoms with Crippen LogP contribution in [-0.2, 0) is 16.6 Å². The minimum atomic E-state index is -0.251. The van der Waals surface area contributed by atoms with E-state index in [1.807, 2.05) is 0 Å². The highest BCUT2D eigenvalue weighted by molar-refractivity contribution is 5.74. The first-order valence-electron chi connectivity index (χ1n) is 7.77. The summed E-state index contributed by atoms with van der Waals surface area (Å²) in [5.41, 5.74) is 11.6. The summed E-state index contributed by atoms with van der Waals surface area (Å²) >= 11 is 0. The third-order valence-corrected chi connectivity index (χ3v) is 4.15. The zero-order chi connectivity index (χ0) is 16.3. The second kappa shape index (κ2) is 6.35. The van der Waals surface area contributed by atoms with E-state index in [0.717, 1.165) is 0 Å². The Morgan fingerprint density at radius 2 is 1.68 bits per heavy atom. The lowest BCUT2D eigenvalue weighted by Gasteiger charge is -2.19. The molecule has 0 aliphatic heterocycles. The number of carbonyl (C=O) groups is 1. The van der Waals surface area contributed by atoms with Gasteiger partial charge in [-0.2, -0.15) is 0 Å². The van der Waals surface area contributed by atoms with Crippen molar-refractivity contribution in [1.82, 2.24) is 0 Å². The van der Waals surface area contributed by atoms with Crippen molar-refractivity contribution in [3.8, 4) is 11.1 Å². The summed E-state index contributed by atoms with van der Waals surface area (Å²) in [6.45, 7) is 8.77. The predicted molar refractivity (Wildman–Crippen MR) is 92.8 cm³/mol. The van der Waals surface area contributed by atoms with Crippen LogP contribution >= 0.6 is 0 Å². The normalized spacial score (nSPS) is 11.5. The largest absolute Gasteiger partial charge is 0.370 e. The lowest BCUT2D eigenvalue weighted by molar-refractivity contribution is -0.117. The van der Waals surface area contributed by atoms with Crippen molar-refractivity contribution in [2.75, 3.05) is 0 Å². The molecule has 2 N–H and O–H groups in total. The standard InChI is InChI=1S/C20H25NO/c1-14-15(10-13-19(21)22)6-5-7-18(14)16-8-11-17(12-9-16)20(2,3)4/h5-9,11-12H,10,13H2,1-4H3,(H2,21,22). The molecule has 22 heavy (non-hydrogen) atoms. The fourth-order valence-electron chi connectivity index (χ4n) is 2.67. The summed E-state index contributed by atoms with van der Waals surface area (Å²) in [4.78, 5) is 11.0. The van der Waals surface area contributed by atoms with Gasteiger partial charge in [0.25, 0.3) is 0 Å². The van der Waals surface area contributed by atoms with Crippen LogP contribution in [0.15, 0.2) is 42.5 Å². The topological polar surface area (TPSA) is 43.1 Å². The molecule has 0 bridgehead atoms. The van der Waals surface area contributed by atoms with E-state index >= 15 is 0 Å². The number of aryl methyl sites for hydroxylation is 1. The molecule has 0 spiro atoms. The van der Waals surface area contributed by atoms with Crippen molar-refractivity contribution < 1.29 is 4.79 Å². The van der Waals surface area contributed by atoms with Crippen LogP contribution < -0.4 is 5.73 Å². The van der Waals surface area contributed by atoms with E-state index in [1.165, 1.54) is 27.8 Å². The molecule has 0 heterocycles. The molecule has 0 fully saturated rings. The summed E-state index contributed by atoms with van der Waals surface area (Å²) in [6.07, 6.45) is 1.10. The minimum Gasteiger partial charge on any atom is -0.370 e. The molecule has 2 rings (SSSR count). The Labute approximate surface area is 133 Å². The number of hydrogen-bond acceptors (Lipinski definition) is 1. The Bertz CT molecular complexity index is 663.